The highest BCUT2D eigenvalue weighted by atomic mass is 16.7. The first kappa shape index (κ1) is 11.3. The number of rotatable bonds is 6. The molecule has 0 aromatic rings. The minimum absolute atomic E-state index is 0.449. The Balaban J connectivity index is 4.27. The summed E-state index contributed by atoms with van der Waals surface area (Å²) in [4.78, 5) is 0. The first-order valence-electron chi connectivity index (χ1n) is 3.58. The molecule has 0 atom stereocenters. The standard InChI is InChI=1S/C8H16O4/c1-9-5-7(6-10-2)8(11-3)12-4/h5-6H2,1-4H3. The highest BCUT2D eigenvalue weighted by molar-refractivity contribution is 5.04. The molecule has 0 saturated carbocycles. The van der Waals surface area contributed by atoms with E-state index in [1.54, 1.807) is 28.4 Å². The van der Waals surface area contributed by atoms with E-state index in [2.05, 4.69) is 0 Å². The maximum atomic E-state index is 4.96. The van der Waals surface area contributed by atoms with Gasteiger partial charge in [-0.3, -0.25) is 0 Å². The van der Waals surface area contributed by atoms with Crippen LogP contribution in [-0.2, 0) is 18.9 Å². The van der Waals surface area contributed by atoms with E-state index >= 15 is 0 Å². The SMILES string of the molecule is COCC(COC)=C(OC)OC. The molecule has 0 aliphatic rings. The molecule has 0 bridgehead atoms. The van der Waals surface area contributed by atoms with Crippen LogP contribution in [0, 0.1) is 0 Å². The fraction of sp³-hybridized carbons (Fsp3) is 0.750. The van der Waals surface area contributed by atoms with Gasteiger partial charge in [0.25, 0.3) is 5.95 Å². The Hall–Kier alpha value is -0.740. The molecule has 0 fully saturated rings. The van der Waals surface area contributed by atoms with Crippen LogP contribution in [-0.4, -0.2) is 41.7 Å². The molecular weight excluding hydrogens is 160 g/mol. The average Bonchev–Trinajstić information content (AvgIpc) is 2.07. The van der Waals surface area contributed by atoms with Crippen molar-refractivity contribution >= 4 is 0 Å². The molecule has 0 saturated heterocycles. The molecule has 0 radical (unpaired) electrons. The summed E-state index contributed by atoms with van der Waals surface area (Å²) in [6.45, 7) is 0.899. The minimum Gasteiger partial charge on any atom is -0.469 e. The second kappa shape index (κ2) is 6.94. The molecule has 0 aliphatic heterocycles. The molecular formula is C8H16O4. The quantitative estimate of drug-likeness (QED) is 0.560. The first-order chi connectivity index (χ1) is 5.79. The Bertz CT molecular complexity index is 128. The number of methoxy groups -OCH3 is 4. The van der Waals surface area contributed by atoms with Gasteiger partial charge in [0, 0.05) is 14.2 Å². The summed E-state index contributed by atoms with van der Waals surface area (Å²) in [7, 11) is 6.31. The van der Waals surface area contributed by atoms with Crippen molar-refractivity contribution in [2.75, 3.05) is 41.7 Å². The predicted octanol–water partition coefficient (Wildman–Crippen LogP) is 0.784. The monoisotopic (exact) mass is 176 g/mol. The summed E-state index contributed by atoms with van der Waals surface area (Å²) >= 11 is 0. The maximum Gasteiger partial charge on any atom is 0.282 e. The summed E-state index contributed by atoms with van der Waals surface area (Å²) in [5, 5.41) is 0. The molecule has 0 aromatic carbocycles. The van der Waals surface area contributed by atoms with Crippen LogP contribution in [0.25, 0.3) is 0 Å². The number of hydrogen-bond donors (Lipinski definition) is 0. The summed E-state index contributed by atoms with van der Waals surface area (Å²) in [5.74, 6) is 0.457. The molecule has 0 spiro atoms. The van der Waals surface area contributed by atoms with E-state index < -0.39 is 0 Å². The van der Waals surface area contributed by atoms with Crippen LogP contribution < -0.4 is 0 Å². The van der Waals surface area contributed by atoms with Gasteiger partial charge in [-0.1, -0.05) is 0 Å². The number of ether oxygens (including phenoxy) is 4. The second-order valence-corrected chi connectivity index (χ2v) is 2.17. The van der Waals surface area contributed by atoms with E-state index in [0.717, 1.165) is 5.57 Å². The third kappa shape index (κ3) is 3.59. The average molecular weight is 176 g/mol. The highest BCUT2D eigenvalue weighted by Gasteiger charge is 2.06. The minimum atomic E-state index is 0.449. The van der Waals surface area contributed by atoms with Gasteiger partial charge in [-0.05, 0) is 0 Å². The molecule has 72 valence electrons. The lowest BCUT2D eigenvalue weighted by Crippen LogP contribution is -2.08. The van der Waals surface area contributed by atoms with Crippen LogP contribution in [0.15, 0.2) is 11.5 Å². The van der Waals surface area contributed by atoms with E-state index in [1.807, 2.05) is 0 Å². The van der Waals surface area contributed by atoms with E-state index in [1.165, 1.54) is 0 Å². The van der Waals surface area contributed by atoms with Gasteiger partial charge in [0.05, 0.1) is 33.0 Å². The molecule has 0 rings (SSSR count). The zero-order valence-electron chi connectivity index (χ0n) is 8.05. The van der Waals surface area contributed by atoms with Gasteiger partial charge in [-0.25, -0.2) is 0 Å². The van der Waals surface area contributed by atoms with Crippen LogP contribution in [0.4, 0.5) is 0 Å². The van der Waals surface area contributed by atoms with Crippen molar-refractivity contribution in [1.29, 1.82) is 0 Å². The maximum absolute atomic E-state index is 4.96. The van der Waals surface area contributed by atoms with Crippen LogP contribution in [0.3, 0.4) is 0 Å². The molecule has 0 heterocycles. The zero-order chi connectivity index (χ0) is 9.40. The molecule has 0 aliphatic carbocycles. The van der Waals surface area contributed by atoms with Crippen molar-refractivity contribution in [3.63, 3.8) is 0 Å². The first-order valence-corrected chi connectivity index (χ1v) is 3.58. The van der Waals surface area contributed by atoms with Crippen molar-refractivity contribution in [3.05, 3.63) is 11.5 Å². The molecule has 0 amide bonds. The van der Waals surface area contributed by atoms with Gasteiger partial charge >= 0.3 is 0 Å². The van der Waals surface area contributed by atoms with Gasteiger partial charge < -0.3 is 18.9 Å². The summed E-state index contributed by atoms with van der Waals surface area (Å²) < 4.78 is 19.8. The van der Waals surface area contributed by atoms with Crippen molar-refractivity contribution < 1.29 is 18.9 Å². The smallest absolute Gasteiger partial charge is 0.282 e. The fourth-order valence-corrected chi connectivity index (χ4v) is 0.880. The van der Waals surface area contributed by atoms with Gasteiger partial charge in [0.1, 0.15) is 0 Å². The van der Waals surface area contributed by atoms with Crippen molar-refractivity contribution in [2.24, 2.45) is 0 Å². The predicted molar refractivity (Wildman–Crippen MR) is 44.8 cm³/mol. The van der Waals surface area contributed by atoms with Crippen LogP contribution in [0.5, 0.6) is 0 Å². The molecule has 0 aromatic heterocycles. The van der Waals surface area contributed by atoms with Crippen LogP contribution >= 0.6 is 0 Å². The lowest BCUT2D eigenvalue weighted by Gasteiger charge is -2.10. The Morgan fingerprint density at radius 2 is 1.25 bits per heavy atom. The van der Waals surface area contributed by atoms with Crippen molar-refractivity contribution in [3.8, 4) is 0 Å². The molecule has 4 heteroatoms. The van der Waals surface area contributed by atoms with Crippen molar-refractivity contribution in [1.82, 2.24) is 0 Å². The van der Waals surface area contributed by atoms with Crippen LogP contribution in [0.1, 0.15) is 0 Å². The number of hydrogen-bond acceptors (Lipinski definition) is 4. The summed E-state index contributed by atoms with van der Waals surface area (Å²) in [5.41, 5.74) is 0.852. The Kier molecular flexibility index (Phi) is 6.51. The third-order valence-electron chi connectivity index (χ3n) is 1.30. The van der Waals surface area contributed by atoms with E-state index in [0.29, 0.717) is 19.2 Å². The van der Waals surface area contributed by atoms with Gasteiger partial charge in [-0.2, -0.15) is 0 Å². The summed E-state index contributed by atoms with van der Waals surface area (Å²) in [6.07, 6.45) is 0. The third-order valence-corrected chi connectivity index (χ3v) is 1.30. The topological polar surface area (TPSA) is 36.9 Å². The lowest BCUT2D eigenvalue weighted by atomic mass is 10.3. The van der Waals surface area contributed by atoms with Gasteiger partial charge in [0.2, 0.25) is 0 Å². The van der Waals surface area contributed by atoms with Gasteiger partial charge in [-0.15, -0.1) is 0 Å². The molecule has 12 heavy (non-hydrogen) atoms. The second-order valence-electron chi connectivity index (χ2n) is 2.17. The molecule has 4 nitrogen and oxygen atoms in total. The van der Waals surface area contributed by atoms with E-state index in [-0.39, 0.29) is 0 Å². The Labute approximate surface area is 73.1 Å². The zero-order valence-corrected chi connectivity index (χ0v) is 8.05. The van der Waals surface area contributed by atoms with Crippen molar-refractivity contribution in [2.45, 2.75) is 0 Å². The largest absolute Gasteiger partial charge is 0.469 e. The summed E-state index contributed by atoms with van der Waals surface area (Å²) in [6, 6.07) is 0. The highest BCUT2D eigenvalue weighted by Crippen LogP contribution is 2.06. The van der Waals surface area contributed by atoms with Crippen LogP contribution in [0.2, 0.25) is 0 Å². The normalized spacial score (nSPS) is 9.33. The van der Waals surface area contributed by atoms with E-state index in [4.69, 9.17) is 18.9 Å². The molecule has 0 N–H and O–H groups in total. The van der Waals surface area contributed by atoms with E-state index in [9.17, 15) is 0 Å². The lowest BCUT2D eigenvalue weighted by molar-refractivity contribution is 0.0746. The Morgan fingerprint density at radius 3 is 1.50 bits per heavy atom. The van der Waals surface area contributed by atoms with Gasteiger partial charge in [0.15, 0.2) is 0 Å². The Morgan fingerprint density at radius 1 is 0.833 bits per heavy atom. The molecule has 0 unspecified atom stereocenters. The fourth-order valence-electron chi connectivity index (χ4n) is 0.880.